The molecule has 15 heavy (non-hydrogen) atoms. The van der Waals surface area contributed by atoms with Gasteiger partial charge in [0.2, 0.25) is 0 Å². The first kappa shape index (κ1) is 12.1. The van der Waals surface area contributed by atoms with Crippen molar-refractivity contribution in [2.75, 3.05) is 6.61 Å². The van der Waals surface area contributed by atoms with E-state index in [9.17, 15) is 12.8 Å². The van der Waals surface area contributed by atoms with Gasteiger partial charge in [0.1, 0.15) is 11.2 Å². The highest BCUT2D eigenvalue weighted by Gasteiger charge is 2.23. The van der Waals surface area contributed by atoms with Crippen LogP contribution in [0.5, 0.6) is 0 Å². The van der Waals surface area contributed by atoms with Gasteiger partial charge in [0.25, 0.3) is 0 Å². The van der Waals surface area contributed by atoms with Gasteiger partial charge < -0.3 is 10.8 Å². The molecule has 0 fully saturated rings. The van der Waals surface area contributed by atoms with E-state index >= 15 is 0 Å². The van der Waals surface area contributed by atoms with Gasteiger partial charge in [-0.05, 0) is 30.7 Å². The fraction of sp³-hybridized carbons (Fsp3) is 0.333. The van der Waals surface area contributed by atoms with E-state index < -0.39 is 27.6 Å². The van der Waals surface area contributed by atoms with Gasteiger partial charge in [-0.1, -0.05) is 0 Å². The van der Waals surface area contributed by atoms with Crippen LogP contribution in [0, 0.1) is 12.7 Å². The molecule has 0 aliphatic rings. The first-order chi connectivity index (χ1) is 6.89. The number of aliphatic hydroxyl groups excluding tert-OH is 1. The van der Waals surface area contributed by atoms with E-state index in [1.165, 1.54) is 13.0 Å². The molecule has 0 saturated heterocycles. The smallest absolute Gasteiger partial charge is 0.196 e. The van der Waals surface area contributed by atoms with Crippen LogP contribution < -0.4 is 5.73 Å². The lowest BCUT2D eigenvalue weighted by molar-refractivity contribution is 0.292. The molecule has 1 rings (SSSR count). The molecule has 84 valence electrons. The minimum Gasteiger partial charge on any atom is -0.394 e. The average Bonchev–Trinajstić information content (AvgIpc) is 2.20. The molecule has 0 bridgehead atoms. The summed E-state index contributed by atoms with van der Waals surface area (Å²) in [4.78, 5) is -0.0806. The summed E-state index contributed by atoms with van der Waals surface area (Å²) >= 11 is 0. The summed E-state index contributed by atoms with van der Waals surface area (Å²) < 4.78 is 36.1. The zero-order chi connectivity index (χ0) is 11.6. The van der Waals surface area contributed by atoms with Gasteiger partial charge in [-0.25, -0.2) is 12.8 Å². The third kappa shape index (κ3) is 2.34. The van der Waals surface area contributed by atoms with Gasteiger partial charge in [-0.15, -0.1) is 0 Å². The van der Waals surface area contributed by atoms with E-state index in [2.05, 4.69) is 0 Å². The van der Waals surface area contributed by atoms with Crippen LogP contribution in [0.15, 0.2) is 23.1 Å². The van der Waals surface area contributed by atoms with Crippen molar-refractivity contribution < 1.29 is 17.9 Å². The number of hydrogen-bond acceptors (Lipinski definition) is 4. The fourth-order valence-electron chi connectivity index (χ4n) is 1.07. The number of halogens is 1. The SMILES string of the molecule is Cc1cc(S(=O)(=O)C(N)CO)ccc1F. The van der Waals surface area contributed by atoms with Crippen molar-refractivity contribution in [3.63, 3.8) is 0 Å². The number of benzene rings is 1. The van der Waals surface area contributed by atoms with Crippen LogP contribution in [0.2, 0.25) is 0 Å². The van der Waals surface area contributed by atoms with Crippen LogP contribution in [0.3, 0.4) is 0 Å². The monoisotopic (exact) mass is 233 g/mol. The molecule has 1 aromatic carbocycles. The van der Waals surface area contributed by atoms with Gasteiger partial charge >= 0.3 is 0 Å². The Bertz CT molecular complexity index is 458. The van der Waals surface area contributed by atoms with Crippen molar-refractivity contribution in [2.45, 2.75) is 17.2 Å². The molecular weight excluding hydrogens is 221 g/mol. The third-order valence-corrected chi connectivity index (χ3v) is 3.89. The Morgan fingerprint density at radius 1 is 1.53 bits per heavy atom. The Kier molecular flexibility index (Phi) is 3.43. The summed E-state index contributed by atoms with van der Waals surface area (Å²) in [6.45, 7) is 0.789. The van der Waals surface area contributed by atoms with Gasteiger partial charge in [0.15, 0.2) is 9.84 Å². The van der Waals surface area contributed by atoms with Gasteiger partial charge in [0, 0.05) is 0 Å². The molecule has 0 saturated carbocycles. The molecule has 0 spiro atoms. The fourth-order valence-corrected chi connectivity index (χ4v) is 2.21. The number of aryl methyl sites for hydroxylation is 1. The molecule has 0 aromatic heterocycles. The first-order valence-electron chi connectivity index (χ1n) is 4.26. The van der Waals surface area contributed by atoms with Crippen LogP contribution in [0.25, 0.3) is 0 Å². The summed E-state index contributed by atoms with van der Waals surface area (Å²) in [6, 6.07) is 3.39. The molecule has 0 aliphatic carbocycles. The van der Waals surface area contributed by atoms with Crippen molar-refractivity contribution in [3.8, 4) is 0 Å². The highest BCUT2D eigenvalue weighted by molar-refractivity contribution is 7.92. The number of aliphatic hydroxyl groups is 1. The molecule has 0 radical (unpaired) electrons. The normalized spacial score (nSPS) is 13.9. The second-order valence-corrected chi connectivity index (χ2v) is 5.34. The highest BCUT2D eigenvalue weighted by Crippen LogP contribution is 2.17. The maximum absolute atomic E-state index is 12.9. The van der Waals surface area contributed by atoms with Gasteiger partial charge in [-0.3, -0.25) is 0 Å². The number of hydrogen-bond donors (Lipinski definition) is 2. The van der Waals surface area contributed by atoms with Crippen LogP contribution in [0.1, 0.15) is 5.56 Å². The molecular formula is C9H12FNO3S. The van der Waals surface area contributed by atoms with Gasteiger partial charge in [0.05, 0.1) is 11.5 Å². The summed E-state index contributed by atoms with van der Waals surface area (Å²) in [7, 11) is -3.77. The standard InChI is InChI=1S/C9H12FNO3S/c1-6-4-7(2-3-8(6)10)15(13,14)9(11)5-12/h2-4,9,12H,5,11H2,1H3. The molecule has 0 heterocycles. The Morgan fingerprint density at radius 3 is 2.60 bits per heavy atom. The van der Waals surface area contributed by atoms with Crippen molar-refractivity contribution in [1.82, 2.24) is 0 Å². The first-order valence-corrected chi connectivity index (χ1v) is 5.80. The lowest BCUT2D eigenvalue weighted by atomic mass is 10.2. The average molecular weight is 233 g/mol. The van der Waals surface area contributed by atoms with E-state index in [4.69, 9.17) is 10.8 Å². The molecule has 1 unspecified atom stereocenters. The lowest BCUT2D eigenvalue weighted by Crippen LogP contribution is -2.34. The Morgan fingerprint density at radius 2 is 2.13 bits per heavy atom. The Labute approximate surface area is 87.5 Å². The van der Waals surface area contributed by atoms with Crippen molar-refractivity contribution in [2.24, 2.45) is 5.73 Å². The Hall–Kier alpha value is -0.980. The third-order valence-electron chi connectivity index (χ3n) is 2.04. The summed E-state index contributed by atoms with van der Waals surface area (Å²) in [5.41, 5.74) is 5.46. The lowest BCUT2D eigenvalue weighted by Gasteiger charge is -2.10. The van der Waals surface area contributed by atoms with E-state index in [1.807, 2.05) is 0 Å². The zero-order valence-electron chi connectivity index (χ0n) is 8.14. The van der Waals surface area contributed by atoms with Gasteiger partial charge in [-0.2, -0.15) is 0 Å². The van der Waals surface area contributed by atoms with Crippen LogP contribution >= 0.6 is 0 Å². The second kappa shape index (κ2) is 4.26. The quantitative estimate of drug-likeness (QED) is 0.730. The largest absolute Gasteiger partial charge is 0.394 e. The molecule has 3 N–H and O–H groups in total. The molecule has 4 nitrogen and oxygen atoms in total. The number of rotatable bonds is 3. The zero-order valence-corrected chi connectivity index (χ0v) is 8.96. The number of sulfone groups is 1. The summed E-state index contributed by atoms with van der Waals surface area (Å²) in [5.74, 6) is -0.480. The maximum atomic E-state index is 12.9. The summed E-state index contributed by atoms with van der Waals surface area (Å²) in [5, 5.41) is 7.30. The van der Waals surface area contributed by atoms with E-state index in [0.29, 0.717) is 0 Å². The predicted octanol–water partition coefficient (Wildman–Crippen LogP) is 0.185. The van der Waals surface area contributed by atoms with Crippen molar-refractivity contribution in [1.29, 1.82) is 0 Å². The number of nitrogens with two attached hydrogens (primary N) is 1. The molecule has 0 aliphatic heterocycles. The van der Waals surface area contributed by atoms with E-state index in [-0.39, 0.29) is 10.5 Å². The van der Waals surface area contributed by atoms with E-state index in [1.54, 1.807) is 0 Å². The Balaban J connectivity index is 3.23. The topological polar surface area (TPSA) is 80.4 Å². The van der Waals surface area contributed by atoms with Crippen LogP contribution in [-0.4, -0.2) is 25.5 Å². The second-order valence-electron chi connectivity index (χ2n) is 3.18. The molecule has 6 heteroatoms. The van der Waals surface area contributed by atoms with Crippen LogP contribution in [0.4, 0.5) is 4.39 Å². The van der Waals surface area contributed by atoms with Crippen LogP contribution in [-0.2, 0) is 9.84 Å². The molecule has 0 amide bonds. The van der Waals surface area contributed by atoms with E-state index in [0.717, 1.165) is 12.1 Å². The van der Waals surface area contributed by atoms with Crippen molar-refractivity contribution in [3.05, 3.63) is 29.6 Å². The van der Waals surface area contributed by atoms with Crippen molar-refractivity contribution >= 4 is 9.84 Å². The highest BCUT2D eigenvalue weighted by atomic mass is 32.2. The minimum absolute atomic E-state index is 0.0806. The molecule has 1 aromatic rings. The maximum Gasteiger partial charge on any atom is 0.196 e. The summed E-state index contributed by atoms with van der Waals surface area (Å²) in [6.07, 6.45) is 0. The minimum atomic E-state index is -3.77. The molecule has 1 atom stereocenters. The predicted molar refractivity (Wildman–Crippen MR) is 53.4 cm³/mol.